The van der Waals surface area contributed by atoms with Gasteiger partial charge in [0.25, 0.3) is 0 Å². The number of hydrogen-bond donors (Lipinski definition) is 2. The van der Waals surface area contributed by atoms with Crippen LogP contribution >= 0.6 is 0 Å². The molecule has 0 saturated carbocycles. The molecule has 1 aliphatic heterocycles. The lowest BCUT2D eigenvalue weighted by molar-refractivity contribution is -0.0599. The summed E-state index contributed by atoms with van der Waals surface area (Å²) in [5.74, 6) is 0. The zero-order valence-corrected chi connectivity index (χ0v) is 9.04. The minimum absolute atomic E-state index is 0.641. The maximum absolute atomic E-state index is 10.2. The monoisotopic (exact) mass is 220 g/mol. The van der Waals surface area contributed by atoms with Crippen LogP contribution in [-0.2, 0) is 4.74 Å². The van der Waals surface area contributed by atoms with Crippen molar-refractivity contribution in [3.63, 3.8) is 0 Å². The molecule has 4 nitrogen and oxygen atoms in total. The Balaban J connectivity index is 2.15. The molecule has 0 spiro atoms. The average Bonchev–Trinajstić information content (AvgIpc) is 2.39. The molecule has 2 rings (SSSR count). The van der Waals surface area contributed by atoms with Gasteiger partial charge in [-0.25, -0.2) is 0 Å². The number of nitrogens with zero attached hydrogens (tertiary/aromatic N) is 1. The summed E-state index contributed by atoms with van der Waals surface area (Å²) in [4.78, 5) is 1.94. The van der Waals surface area contributed by atoms with Crippen LogP contribution in [0.3, 0.4) is 0 Å². The fourth-order valence-corrected chi connectivity index (χ4v) is 1.88. The van der Waals surface area contributed by atoms with Crippen molar-refractivity contribution < 1.29 is 14.9 Å². The van der Waals surface area contributed by atoms with Crippen LogP contribution in [-0.4, -0.2) is 48.8 Å². The van der Waals surface area contributed by atoms with E-state index in [0.29, 0.717) is 31.8 Å². The molecule has 16 heavy (non-hydrogen) atoms. The summed E-state index contributed by atoms with van der Waals surface area (Å²) in [6.07, 6.45) is -0.677. The smallest absolute Gasteiger partial charge is 0.327 e. The Morgan fingerprint density at radius 3 is 2.62 bits per heavy atom. The number of hydrogen-bond acceptors (Lipinski definition) is 4. The van der Waals surface area contributed by atoms with E-state index in [1.165, 1.54) is 0 Å². The minimum atomic E-state index is -0.677. The Kier molecular flexibility index (Phi) is 3.95. The van der Waals surface area contributed by atoms with Gasteiger partial charge in [0.1, 0.15) is 6.23 Å². The highest BCUT2D eigenvalue weighted by Crippen LogP contribution is 2.16. The molecule has 1 atom stereocenters. The zero-order chi connectivity index (χ0) is 11.4. The Morgan fingerprint density at radius 2 is 1.94 bits per heavy atom. The van der Waals surface area contributed by atoms with Gasteiger partial charge in [-0.1, -0.05) is 24.3 Å². The molecule has 1 heterocycles. The van der Waals surface area contributed by atoms with Crippen LogP contribution in [0, 0.1) is 0 Å². The van der Waals surface area contributed by atoms with Crippen LogP contribution in [0.1, 0.15) is 11.8 Å². The van der Waals surface area contributed by atoms with Crippen molar-refractivity contribution in [2.24, 2.45) is 0 Å². The third kappa shape index (κ3) is 2.44. The fourth-order valence-electron chi connectivity index (χ4n) is 1.88. The SMILES string of the molecule is O[B]c1ccccc1C(O)N1CCOCC1. The summed E-state index contributed by atoms with van der Waals surface area (Å²) in [6, 6.07) is 7.28. The predicted molar refractivity (Wildman–Crippen MR) is 61.4 cm³/mol. The molecule has 1 aromatic rings. The van der Waals surface area contributed by atoms with Crippen molar-refractivity contribution in [3.05, 3.63) is 29.8 Å². The largest absolute Gasteiger partial charge is 0.450 e. The third-order valence-corrected chi connectivity index (χ3v) is 2.80. The van der Waals surface area contributed by atoms with Gasteiger partial charge in [-0.15, -0.1) is 0 Å². The van der Waals surface area contributed by atoms with E-state index < -0.39 is 6.23 Å². The summed E-state index contributed by atoms with van der Waals surface area (Å²) < 4.78 is 5.23. The number of morpholine rings is 1. The van der Waals surface area contributed by atoms with Crippen LogP contribution in [0.2, 0.25) is 0 Å². The molecule has 2 N–H and O–H groups in total. The molecule has 1 fully saturated rings. The predicted octanol–water partition coefficient (Wildman–Crippen LogP) is -0.754. The second kappa shape index (κ2) is 5.45. The van der Waals surface area contributed by atoms with Crippen molar-refractivity contribution in [1.82, 2.24) is 4.90 Å². The van der Waals surface area contributed by atoms with Crippen molar-refractivity contribution in [1.29, 1.82) is 0 Å². The third-order valence-electron chi connectivity index (χ3n) is 2.80. The molecule has 1 saturated heterocycles. The Labute approximate surface area is 95.7 Å². The summed E-state index contributed by atoms with van der Waals surface area (Å²) in [5.41, 5.74) is 1.38. The lowest BCUT2D eigenvalue weighted by atomic mass is 9.83. The lowest BCUT2D eigenvalue weighted by Crippen LogP contribution is -2.41. The Morgan fingerprint density at radius 1 is 1.25 bits per heavy atom. The average molecular weight is 220 g/mol. The van der Waals surface area contributed by atoms with Crippen LogP contribution in [0.4, 0.5) is 0 Å². The first-order valence-corrected chi connectivity index (χ1v) is 5.39. The molecule has 85 valence electrons. The molecule has 1 radical (unpaired) electrons. The van der Waals surface area contributed by atoms with Crippen LogP contribution in [0.15, 0.2) is 24.3 Å². The Hall–Kier alpha value is -0.875. The minimum Gasteiger partial charge on any atom is -0.450 e. The standard InChI is InChI=1S/C11H15BNO3/c14-11(13-5-7-16-8-6-13)9-3-1-2-4-10(9)12-15/h1-4,11,14-15H,5-8H2. The number of aliphatic hydroxyl groups excluding tert-OH is 1. The van der Waals surface area contributed by atoms with Crippen molar-refractivity contribution in [2.45, 2.75) is 6.23 Å². The summed E-state index contributed by atoms with van der Waals surface area (Å²) in [5, 5.41) is 19.3. The first-order chi connectivity index (χ1) is 7.83. The van der Waals surface area contributed by atoms with E-state index in [0.717, 1.165) is 13.0 Å². The molecule has 0 aliphatic carbocycles. The molecular formula is C11H15BNO3. The molecular weight excluding hydrogens is 205 g/mol. The Bertz CT molecular complexity index is 342. The van der Waals surface area contributed by atoms with Gasteiger partial charge in [-0.2, -0.15) is 0 Å². The van der Waals surface area contributed by atoms with Gasteiger partial charge >= 0.3 is 7.48 Å². The lowest BCUT2D eigenvalue weighted by Gasteiger charge is -2.32. The van der Waals surface area contributed by atoms with Crippen LogP contribution < -0.4 is 5.46 Å². The van der Waals surface area contributed by atoms with Gasteiger partial charge in [0.2, 0.25) is 0 Å². The second-order valence-electron chi connectivity index (χ2n) is 3.78. The normalized spacial score (nSPS) is 19.4. The van der Waals surface area contributed by atoms with Gasteiger partial charge in [-0.05, 0) is 11.0 Å². The summed E-state index contributed by atoms with van der Waals surface area (Å²) >= 11 is 0. The first-order valence-electron chi connectivity index (χ1n) is 5.39. The molecule has 1 aromatic carbocycles. The van der Waals surface area contributed by atoms with Gasteiger partial charge in [0.05, 0.1) is 13.2 Å². The topological polar surface area (TPSA) is 52.9 Å². The summed E-state index contributed by atoms with van der Waals surface area (Å²) in [6.45, 7) is 2.70. The highest BCUT2D eigenvalue weighted by atomic mass is 16.5. The van der Waals surface area contributed by atoms with Gasteiger partial charge in [-0.3, -0.25) is 4.90 Å². The maximum atomic E-state index is 10.2. The fraction of sp³-hybridized carbons (Fsp3) is 0.455. The van der Waals surface area contributed by atoms with Crippen LogP contribution in [0.25, 0.3) is 0 Å². The van der Waals surface area contributed by atoms with E-state index in [4.69, 9.17) is 9.76 Å². The number of benzene rings is 1. The van der Waals surface area contributed by atoms with E-state index in [1.54, 1.807) is 6.07 Å². The highest BCUT2D eigenvalue weighted by molar-refractivity contribution is 6.46. The van der Waals surface area contributed by atoms with Crippen molar-refractivity contribution in [3.8, 4) is 0 Å². The number of rotatable bonds is 3. The van der Waals surface area contributed by atoms with Gasteiger partial charge in [0.15, 0.2) is 0 Å². The van der Waals surface area contributed by atoms with Gasteiger partial charge < -0.3 is 14.9 Å². The zero-order valence-electron chi connectivity index (χ0n) is 9.04. The quantitative estimate of drug-likeness (QED) is 0.658. The van der Waals surface area contributed by atoms with E-state index in [9.17, 15) is 5.11 Å². The van der Waals surface area contributed by atoms with Gasteiger partial charge in [0, 0.05) is 13.1 Å². The molecule has 1 aliphatic rings. The van der Waals surface area contributed by atoms with E-state index >= 15 is 0 Å². The number of aliphatic hydroxyl groups is 1. The van der Waals surface area contributed by atoms with E-state index in [1.807, 2.05) is 23.1 Å². The van der Waals surface area contributed by atoms with Crippen molar-refractivity contribution in [2.75, 3.05) is 26.3 Å². The summed E-state index contributed by atoms with van der Waals surface area (Å²) in [7, 11) is 1.03. The molecule has 5 heteroatoms. The second-order valence-corrected chi connectivity index (χ2v) is 3.78. The first kappa shape index (κ1) is 11.6. The van der Waals surface area contributed by atoms with Crippen molar-refractivity contribution >= 4 is 12.9 Å². The maximum Gasteiger partial charge on any atom is 0.327 e. The van der Waals surface area contributed by atoms with E-state index in [2.05, 4.69) is 0 Å². The molecule has 0 bridgehead atoms. The van der Waals surface area contributed by atoms with E-state index in [-0.39, 0.29) is 0 Å². The molecule has 0 aromatic heterocycles. The molecule has 1 unspecified atom stereocenters. The molecule has 0 amide bonds. The van der Waals surface area contributed by atoms with Crippen LogP contribution in [0.5, 0.6) is 0 Å². The number of ether oxygens (including phenoxy) is 1. The highest BCUT2D eigenvalue weighted by Gasteiger charge is 2.21.